The van der Waals surface area contributed by atoms with Crippen molar-refractivity contribution in [2.45, 2.75) is 58.3 Å². The molecule has 0 spiro atoms. The van der Waals surface area contributed by atoms with Crippen molar-refractivity contribution in [1.29, 1.82) is 0 Å². The fraction of sp³-hybridized carbons (Fsp3) is 0.500. The SMILES string of the molecule is CCC1(c2onc(N)c2-c2ccc(C)c(C)c2)CCCC1. The van der Waals surface area contributed by atoms with Gasteiger partial charge in [-0.1, -0.05) is 43.1 Å². The van der Waals surface area contributed by atoms with Crippen molar-refractivity contribution in [3.05, 3.63) is 35.1 Å². The second kappa shape index (κ2) is 5.21. The van der Waals surface area contributed by atoms with Crippen LogP contribution in [0.25, 0.3) is 11.1 Å². The van der Waals surface area contributed by atoms with Gasteiger partial charge < -0.3 is 10.3 Å². The number of anilines is 1. The molecule has 1 heterocycles. The van der Waals surface area contributed by atoms with E-state index in [2.05, 4.69) is 44.1 Å². The lowest BCUT2D eigenvalue weighted by molar-refractivity contribution is 0.284. The summed E-state index contributed by atoms with van der Waals surface area (Å²) in [7, 11) is 0. The van der Waals surface area contributed by atoms with E-state index in [4.69, 9.17) is 10.3 Å². The molecule has 3 heteroatoms. The molecule has 0 bridgehead atoms. The normalized spacial score (nSPS) is 17.3. The molecule has 2 N–H and O–H groups in total. The van der Waals surface area contributed by atoms with Gasteiger partial charge in [-0.05, 0) is 49.8 Å². The molecule has 0 amide bonds. The lowest BCUT2D eigenvalue weighted by atomic mass is 9.78. The Hall–Kier alpha value is -1.77. The highest BCUT2D eigenvalue weighted by Crippen LogP contribution is 2.48. The summed E-state index contributed by atoms with van der Waals surface area (Å²) in [4.78, 5) is 0. The lowest BCUT2D eigenvalue weighted by Gasteiger charge is -2.25. The highest BCUT2D eigenvalue weighted by Gasteiger charge is 2.40. The maximum absolute atomic E-state index is 6.14. The highest BCUT2D eigenvalue weighted by atomic mass is 16.5. The smallest absolute Gasteiger partial charge is 0.175 e. The average molecular weight is 284 g/mol. The molecule has 1 aromatic heterocycles. The summed E-state index contributed by atoms with van der Waals surface area (Å²) in [6, 6.07) is 6.47. The topological polar surface area (TPSA) is 52.0 Å². The fourth-order valence-electron chi connectivity index (χ4n) is 3.63. The Morgan fingerprint density at radius 1 is 1.19 bits per heavy atom. The Bertz CT molecular complexity index is 651. The molecule has 1 fully saturated rings. The molecule has 1 saturated carbocycles. The zero-order valence-electron chi connectivity index (χ0n) is 13.2. The molecule has 21 heavy (non-hydrogen) atoms. The first kappa shape index (κ1) is 14.2. The van der Waals surface area contributed by atoms with Gasteiger partial charge >= 0.3 is 0 Å². The van der Waals surface area contributed by atoms with Gasteiger partial charge in [0.1, 0.15) is 0 Å². The fourth-order valence-corrected chi connectivity index (χ4v) is 3.63. The van der Waals surface area contributed by atoms with E-state index in [0.29, 0.717) is 5.82 Å². The molecule has 0 aliphatic heterocycles. The minimum atomic E-state index is 0.124. The number of benzene rings is 1. The van der Waals surface area contributed by atoms with E-state index in [0.717, 1.165) is 23.3 Å². The quantitative estimate of drug-likeness (QED) is 0.883. The second-order valence-corrected chi connectivity index (χ2v) is 6.41. The molecule has 3 rings (SSSR count). The molecule has 1 aliphatic carbocycles. The van der Waals surface area contributed by atoms with Crippen LogP contribution in [-0.2, 0) is 5.41 Å². The number of aromatic nitrogens is 1. The van der Waals surface area contributed by atoms with Gasteiger partial charge in [0.05, 0.1) is 5.56 Å². The Morgan fingerprint density at radius 2 is 1.90 bits per heavy atom. The van der Waals surface area contributed by atoms with Gasteiger partial charge in [-0.2, -0.15) is 0 Å². The van der Waals surface area contributed by atoms with Gasteiger partial charge in [0.15, 0.2) is 11.6 Å². The Balaban J connectivity index is 2.14. The molecule has 0 unspecified atom stereocenters. The van der Waals surface area contributed by atoms with E-state index in [-0.39, 0.29) is 5.41 Å². The molecular weight excluding hydrogens is 260 g/mol. The van der Waals surface area contributed by atoms with Crippen LogP contribution in [0.5, 0.6) is 0 Å². The van der Waals surface area contributed by atoms with Crippen molar-refractivity contribution in [3.63, 3.8) is 0 Å². The van der Waals surface area contributed by atoms with E-state index in [1.807, 2.05) is 0 Å². The van der Waals surface area contributed by atoms with Crippen molar-refractivity contribution in [2.75, 3.05) is 5.73 Å². The summed E-state index contributed by atoms with van der Waals surface area (Å²) in [6.45, 7) is 6.50. The van der Waals surface area contributed by atoms with Crippen LogP contribution in [0, 0.1) is 13.8 Å². The predicted octanol–water partition coefficient (Wildman–Crippen LogP) is 4.76. The summed E-state index contributed by atoms with van der Waals surface area (Å²) in [6.07, 6.45) is 5.97. The summed E-state index contributed by atoms with van der Waals surface area (Å²) < 4.78 is 5.72. The molecular formula is C18H24N2O. The van der Waals surface area contributed by atoms with Gasteiger partial charge in [-0.25, -0.2) is 0 Å². The van der Waals surface area contributed by atoms with Crippen LogP contribution >= 0.6 is 0 Å². The van der Waals surface area contributed by atoms with Crippen LogP contribution in [0.1, 0.15) is 55.9 Å². The third-order valence-electron chi connectivity index (χ3n) is 5.23. The van der Waals surface area contributed by atoms with Crippen molar-refractivity contribution in [1.82, 2.24) is 5.16 Å². The first-order valence-corrected chi connectivity index (χ1v) is 7.90. The first-order valence-electron chi connectivity index (χ1n) is 7.90. The zero-order chi connectivity index (χ0) is 15.0. The van der Waals surface area contributed by atoms with E-state index >= 15 is 0 Å². The Morgan fingerprint density at radius 3 is 2.52 bits per heavy atom. The van der Waals surface area contributed by atoms with Gasteiger partial charge in [0.2, 0.25) is 0 Å². The minimum Gasteiger partial charge on any atom is -0.380 e. The van der Waals surface area contributed by atoms with Gasteiger partial charge in [0.25, 0.3) is 0 Å². The van der Waals surface area contributed by atoms with Crippen molar-refractivity contribution in [3.8, 4) is 11.1 Å². The number of nitrogens with zero attached hydrogens (tertiary/aromatic N) is 1. The van der Waals surface area contributed by atoms with Gasteiger partial charge in [-0.3, -0.25) is 0 Å². The summed E-state index contributed by atoms with van der Waals surface area (Å²) in [5, 5.41) is 4.09. The molecule has 1 aliphatic rings. The van der Waals surface area contributed by atoms with Crippen molar-refractivity contribution >= 4 is 5.82 Å². The van der Waals surface area contributed by atoms with E-state index in [1.54, 1.807) is 0 Å². The molecule has 0 radical (unpaired) electrons. The van der Waals surface area contributed by atoms with Crippen LogP contribution in [0.3, 0.4) is 0 Å². The minimum absolute atomic E-state index is 0.124. The number of nitrogen functional groups attached to an aromatic ring is 1. The van der Waals surface area contributed by atoms with E-state index in [9.17, 15) is 0 Å². The highest BCUT2D eigenvalue weighted by molar-refractivity contribution is 5.77. The average Bonchev–Trinajstić information content (AvgIpc) is 3.09. The van der Waals surface area contributed by atoms with Crippen LogP contribution in [0.2, 0.25) is 0 Å². The maximum Gasteiger partial charge on any atom is 0.175 e. The largest absolute Gasteiger partial charge is 0.380 e. The summed E-state index contributed by atoms with van der Waals surface area (Å²) in [5.41, 5.74) is 11.0. The number of nitrogens with two attached hydrogens (primary N) is 1. The molecule has 0 saturated heterocycles. The van der Waals surface area contributed by atoms with Crippen LogP contribution in [0.15, 0.2) is 22.7 Å². The molecule has 3 nitrogen and oxygen atoms in total. The summed E-state index contributed by atoms with van der Waals surface area (Å²) in [5.74, 6) is 1.52. The van der Waals surface area contributed by atoms with E-state index < -0.39 is 0 Å². The van der Waals surface area contributed by atoms with Crippen LogP contribution < -0.4 is 5.73 Å². The van der Waals surface area contributed by atoms with Crippen molar-refractivity contribution in [2.24, 2.45) is 0 Å². The third kappa shape index (κ3) is 2.25. The molecule has 2 aromatic rings. The number of hydrogen-bond acceptors (Lipinski definition) is 3. The number of hydrogen-bond donors (Lipinski definition) is 1. The van der Waals surface area contributed by atoms with Crippen LogP contribution in [-0.4, -0.2) is 5.16 Å². The van der Waals surface area contributed by atoms with Gasteiger partial charge in [-0.15, -0.1) is 0 Å². The second-order valence-electron chi connectivity index (χ2n) is 6.41. The van der Waals surface area contributed by atoms with Crippen molar-refractivity contribution < 1.29 is 4.52 Å². The zero-order valence-corrected chi connectivity index (χ0v) is 13.2. The molecule has 112 valence electrons. The molecule has 0 atom stereocenters. The number of aryl methyl sites for hydroxylation is 2. The third-order valence-corrected chi connectivity index (χ3v) is 5.23. The standard InChI is InChI=1S/C18H24N2O/c1-4-18(9-5-6-10-18)16-15(17(19)20-21-16)14-8-7-12(2)13(3)11-14/h7-8,11H,4-6,9-10H2,1-3H3,(H2,19,20). The van der Waals surface area contributed by atoms with E-state index in [1.165, 1.54) is 36.8 Å². The summed E-state index contributed by atoms with van der Waals surface area (Å²) >= 11 is 0. The molecule has 1 aromatic carbocycles. The first-order chi connectivity index (χ1) is 10.1. The maximum atomic E-state index is 6.14. The lowest BCUT2D eigenvalue weighted by Crippen LogP contribution is -2.21. The van der Waals surface area contributed by atoms with Crippen LogP contribution in [0.4, 0.5) is 5.82 Å². The number of rotatable bonds is 3. The Labute approximate surface area is 126 Å². The monoisotopic (exact) mass is 284 g/mol. The Kier molecular flexibility index (Phi) is 3.52. The van der Waals surface area contributed by atoms with Gasteiger partial charge in [0, 0.05) is 5.41 Å². The predicted molar refractivity (Wildman–Crippen MR) is 86.3 cm³/mol.